The molecule has 0 saturated heterocycles. The van der Waals surface area contributed by atoms with Crippen LogP contribution in [0.1, 0.15) is 13.3 Å². The summed E-state index contributed by atoms with van der Waals surface area (Å²) >= 11 is 0. The minimum absolute atomic E-state index is 0.0449. The SMILES string of the molecule is C=CC(=O)OCC(O)COCC(CC)(COCC(O)COC(=O)C=C)COCC(O)C[PH](c1ccccc1)(c1ccccc1)c1ccccc1. The molecule has 0 aromatic heterocycles. The summed E-state index contributed by atoms with van der Waals surface area (Å²) in [5, 5.41) is 35.7. The number of aliphatic hydroxyl groups is 3. The Labute approximate surface area is 295 Å². The van der Waals surface area contributed by atoms with Gasteiger partial charge in [0.15, 0.2) is 0 Å². The molecule has 50 heavy (non-hydrogen) atoms. The maximum atomic E-state index is 11.7. The van der Waals surface area contributed by atoms with Crippen molar-refractivity contribution in [2.24, 2.45) is 5.41 Å². The quantitative estimate of drug-likeness (QED) is 0.0723. The Balaban J connectivity index is 1.75. The average molecular weight is 711 g/mol. The van der Waals surface area contributed by atoms with E-state index in [0.717, 1.165) is 12.2 Å². The summed E-state index contributed by atoms with van der Waals surface area (Å²) in [5.41, 5.74) is -0.735. The van der Waals surface area contributed by atoms with Gasteiger partial charge in [0.2, 0.25) is 0 Å². The van der Waals surface area contributed by atoms with Crippen LogP contribution in [0.5, 0.6) is 0 Å². The monoisotopic (exact) mass is 710 g/mol. The van der Waals surface area contributed by atoms with E-state index < -0.39 is 42.9 Å². The van der Waals surface area contributed by atoms with Crippen molar-refractivity contribution in [2.45, 2.75) is 31.7 Å². The van der Waals surface area contributed by atoms with Crippen LogP contribution in [0, 0.1) is 5.41 Å². The van der Waals surface area contributed by atoms with Crippen molar-refractivity contribution >= 4 is 35.1 Å². The molecule has 0 bridgehead atoms. The summed E-state index contributed by atoms with van der Waals surface area (Å²) in [6.07, 6.45) is 0.0816. The molecular formula is C39H51O10P. The fraction of sp³-hybridized carbons (Fsp3) is 0.385. The van der Waals surface area contributed by atoms with Gasteiger partial charge in [-0.2, -0.15) is 0 Å². The van der Waals surface area contributed by atoms with Crippen molar-refractivity contribution < 1.29 is 48.6 Å². The first-order valence-corrected chi connectivity index (χ1v) is 18.9. The van der Waals surface area contributed by atoms with Gasteiger partial charge in [0.05, 0.1) is 0 Å². The van der Waals surface area contributed by atoms with Crippen LogP contribution in [0.3, 0.4) is 0 Å². The molecule has 3 aromatic carbocycles. The van der Waals surface area contributed by atoms with Crippen molar-refractivity contribution in [3.05, 3.63) is 116 Å². The van der Waals surface area contributed by atoms with E-state index in [1.807, 2.05) is 61.5 Å². The van der Waals surface area contributed by atoms with Crippen LogP contribution < -0.4 is 15.9 Å². The molecule has 0 spiro atoms. The van der Waals surface area contributed by atoms with E-state index in [2.05, 4.69) is 49.6 Å². The fourth-order valence-electron chi connectivity index (χ4n) is 5.67. The first-order chi connectivity index (χ1) is 24.2. The van der Waals surface area contributed by atoms with Gasteiger partial charge in [-0.15, -0.1) is 0 Å². The molecule has 3 N–H and O–H groups in total. The Bertz CT molecular complexity index is 1300. The molecule has 3 atom stereocenters. The molecule has 10 nitrogen and oxygen atoms in total. The molecule has 0 aliphatic carbocycles. The zero-order valence-corrected chi connectivity index (χ0v) is 29.7. The van der Waals surface area contributed by atoms with Crippen molar-refractivity contribution in [3.63, 3.8) is 0 Å². The predicted molar refractivity (Wildman–Crippen MR) is 197 cm³/mol. The van der Waals surface area contributed by atoms with E-state index in [1.165, 1.54) is 15.9 Å². The molecule has 0 saturated carbocycles. The number of rotatable bonds is 24. The second kappa shape index (κ2) is 21.5. The second-order valence-corrected chi connectivity index (χ2v) is 16.2. The molecule has 3 aromatic rings. The van der Waals surface area contributed by atoms with E-state index in [9.17, 15) is 24.9 Å². The molecule has 272 valence electrons. The van der Waals surface area contributed by atoms with E-state index in [-0.39, 0.29) is 52.9 Å². The summed E-state index contributed by atoms with van der Waals surface area (Å²) in [7, 11) is -2.72. The molecule has 0 aliphatic rings. The summed E-state index contributed by atoms with van der Waals surface area (Å²) < 4.78 is 27.7. The Morgan fingerprint density at radius 1 is 0.620 bits per heavy atom. The van der Waals surface area contributed by atoms with Gasteiger partial charge in [-0.1, -0.05) is 13.2 Å². The van der Waals surface area contributed by atoms with Gasteiger partial charge in [0.25, 0.3) is 0 Å². The van der Waals surface area contributed by atoms with Crippen molar-refractivity contribution in [1.82, 2.24) is 0 Å². The molecule has 0 heterocycles. The second-order valence-electron chi connectivity index (χ2n) is 12.2. The summed E-state index contributed by atoms with van der Waals surface area (Å²) in [5.74, 6) is -1.30. The molecule has 0 aliphatic heterocycles. The molecule has 0 fully saturated rings. The maximum absolute atomic E-state index is 11.7. The van der Waals surface area contributed by atoms with Crippen LogP contribution in [0.15, 0.2) is 116 Å². The van der Waals surface area contributed by atoms with E-state index in [0.29, 0.717) is 12.6 Å². The molecule has 11 heteroatoms. The zero-order valence-electron chi connectivity index (χ0n) is 28.7. The molecule has 3 rings (SSSR count). The van der Waals surface area contributed by atoms with Crippen molar-refractivity contribution in [1.29, 1.82) is 0 Å². The van der Waals surface area contributed by atoms with Crippen LogP contribution in [0.4, 0.5) is 0 Å². The van der Waals surface area contributed by atoms with E-state index in [4.69, 9.17) is 23.7 Å². The zero-order chi connectivity index (χ0) is 36.2. The summed E-state index contributed by atoms with van der Waals surface area (Å²) in [6.45, 7) is 8.26. The normalized spacial score (nSPS) is 14.8. The number of aliphatic hydroxyl groups excluding tert-OH is 3. The number of ether oxygens (including phenoxy) is 5. The van der Waals surface area contributed by atoms with Crippen molar-refractivity contribution in [3.8, 4) is 0 Å². The summed E-state index contributed by atoms with van der Waals surface area (Å²) in [4.78, 5) is 22.8. The Kier molecular flexibility index (Phi) is 17.5. The topological polar surface area (TPSA) is 141 Å². The van der Waals surface area contributed by atoms with E-state index in [1.54, 1.807) is 0 Å². The Morgan fingerprint density at radius 2 is 0.960 bits per heavy atom. The van der Waals surface area contributed by atoms with Gasteiger partial charge in [-0.3, -0.25) is 0 Å². The number of carbonyl (C=O) groups is 2. The Morgan fingerprint density at radius 3 is 1.28 bits per heavy atom. The van der Waals surface area contributed by atoms with Crippen LogP contribution in [-0.4, -0.2) is 105 Å². The molecule has 3 unspecified atom stereocenters. The predicted octanol–water partition coefficient (Wildman–Crippen LogP) is 2.70. The average Bonchev–Trinajstić information content (AvgIpc) is 3.15. The number of hydrogen-bond acceptors (Lipinski definition) is 10. The van der Waals surface area contributed by atoms with Crippen molar-refractivity contribution in [2.75, 3.05) is 59.0 Å². The number of benzene rings is 3. The fourth-order valence-corrected chi connectivity index (χ4v) is 10.5. The Hall–Kier alpha value is -3.73. The van der Waals surface area contributed by atoms with Crippen LogP contribution in [-0.2, 0) is 33.3 Å². The molecular weight excluding hydrogens is 659 g/mol. The number of esters is 2. The first-order valence-electron chi connectivity index (χ1n) is 16.7. The first kappa shape index (κ1) is 40.7. The van der Waals surface area contributed by atoms with Crippen LogP contribution in [0.2, 0.25) is 0 Å². The van der Waals surface area contributed by atoms with Crippen LogP contribution in [0.25, 0.3) is 0 Å². The van der Waals surface area contributed by atoms with Gasteiger partial charge >= 0.3 is 261 Å². The third-order valence-electron chi connectivity index (χ3n) is 8.42. The molecule has 0 amide bonds. The molecule has 0 radical (unpaired) electrons. The van der Waals surface area contributed by atoms with Gasteiger partial charge in [-0.25, -0.2) is 9.59 Å². The summed E-state index contributed by atoms with van der Waals surface area (Å²) in [6, 6.07) is 31.0. The third-order valence-corrected chi connectivity index (χ3v) is 13.5. The third kappa shape index (κ3) is 12.5. The van der Waals surface area contributed by atoms with Gasteiger partial charge in [-0.05, 0) is 0 Å². The standard InChI is InChI=1S/C39H51O10P/c1-4-37(43)48-25-31(40)22-45-28-39(6-3,29-46-23-32(41)26-49-38(44)5-2)30-47-24-33(42)27-50(34-16-10-7-11-17-34,35-18-12-8-13-19-35)36-20-14-9-15-21-36/h4-5,7-21,31-33,40-42,50H,1-2,6,22-30H2,3H3. The van der Waals surface area contributed by atoms with Gasteiger partial charge in [0, 0.05) is 12.2 Å². The van der Waals surface area contributed by atoms with Gasteiger partial charge < -0.3 is 0 Å². The van der Waals surface area contributed by atoms with E-state index >= 15 is 0 Å². The van der Waals surface area contributed by atoms with Crippen LogP contribution >= 0.6 is 7.26 Å². The minimum atomic E-state index is -2.72. The number of carbonyl (C=O) groups excluding carboxylic acids is 2. The van der Waals surface area contributed by atoms with Gasteiger partial charge in [0.1, 0.15) is 0 Å². The number of hydrogen-bond donors (Lipinski definition) is 3.